The monoisotopic (exact) mass is 209 g/mol. The molecule has 2 aliphatic rings. The molecule has 1 saturated carbocycles. The van der Waals surface area contributed by atoms with Crippen LogP contribution in [0.2, 0.25) is 0 Å². The quantitative estimate of drug-likeness (QED) is 0.685. The summed E-state index contributed by atoms with van der Waals surface area (Å²) in [4.78, 5) is 13.8. The first-order chi connectivity index (χ1) is 7.18. The number of carbonyl (C=O) groups is 1. The Bertz CT molecular complexity index is 237. The smallest absolute Gasteiger partial charge is 0.222 e. The van der Waals surface area contributed by atoms with Gasteiger partial charge in [-0.1, -0.05) is 26.7 Å². The van der Waals surface area contributed by atoms with Gasteiger partial charge in [0.1, 0.15) is 0 Å². The lowest BCUT2D eigenvalue weighted by molar-refractivity contribution is -0.130. The topological polar surface area (TPSA) is 20.3 Å². The van der Waals surface area contributed by atoms with Gasteiger partial charge in [-0.3, -0.25) is 4.79 Å². The number of hydrogen-bond donors (Lipinski definition) is 0. The Morgan fingerprint density at radius 3 is 2.67 bits per heavy atom. The molecule has 86 valence electrons. The first-order valence-corrected chi connectivity index (χ1v) is 6.48. The van der Waals surface area contributed by atoms with Crippen molar-refractivity contribution in [3.8, 4) is 0 Å². The van der Waals surface area contributed by atoms with Gasteiger partial charge in [-0.05, 0) is 31.1 Å². The van der Waals surface area contributed by atoms with Crippen molar-refractivity contribution in [3.05, 3.63) is 0 Å². The van der Waals surface area contributed by atoms with Crippen molar-refractivity contribution in [2.75, 3.05) is 6.54 Å². The molecule has 2 rings (SSSR count). The molecule has 0 aromatic heterocycles. The fourth-order valence-corrected chi connectivity index (χ4v) is 3.14. The zero-order chi connectivity index (χ0) is 10.8. The van der Waals surface area contributed by atoms with E-state index in [1.54, 1.807) is 0 Å². The van der Waals surface area contributed by atoms with E-state index in [4.69, 9.17) is 0 Å². The van der Waals surface area contributed by atoms with Gasteiger partial charge in [0.15, 0.2) is 0 Å². The molecule has 0 radical (unpaired) electrons. The second-order valence-electron chi connectivity index (χ2n) is 5.52. The van der Waals surface area contributed by atoms with Crippen molar-refractivity contribution in [1.82, 2.24) is 4.90 Å². The van der Waals surface area contributed by atoms with Crippen molar-refractivity contribution in [2.45, 2.75) is 58.4 Å². The van der Waals surface area contributed by atoms with Crippen LogP contribution in [0.3, 0.4) is 0 Å². The second-order valence-corrected chi connectivity index (χ2v) is 5.52. The molecule has 2 atom stereocenters. The van der Waals surface area contributed by atoms with Gasteiger partial charge in [0.05, 0.1) is 0 Å². The number of nitrogens with zero attached hydrogens (tertiary/aromatic N) is 1. The lowest BCUT2D eigenvalue weighted by atomic mass is 9.79. The van der Waals surface area contributed by atoms with E-state index in [2.05, 4.69) is 18.7 Å². The van der Waals surface area contributed by atoms with Crippen LogP contribution in [0, 0.1) is 11.8 Å². The minimum Gasteiger partial charge on any atom is -0.340 e. The van der Waals surface area contributed by atoms with E-state index in [0.717, 1.165) is 31.2 Å². The molecule has 1 heterocycles. The van der Waals surface area contributed by atoms with Gasteiger partial charge in [-0.15, -0.1) is 0 Å². The first kappa shape index (κ1) is 11.0. The van der Waals surface area contributed by atoms with Crippen molar-refractivity contribution in [1.29, 1.82) is 0 Å². The summed E-state index contributed by atoms with van der Waals surface area (Å²) < 4.78 is 0. The van der Waals surface area contributed by atoms with Gasteiger partial charge >= 0.3 is 0 Å². The van der Waals surface area contributed by atoms with Crippen molar-refractivity contribution in [2.24, 2.45) is 11.8 Å². The molecule has 2 fully saturated rings. The third kappa shape index (κ3) is 2.35. The highest BCUT2D eigenvalue weighted by Gasteiger charge is 2.32. The van der Waals surface area contributed by atoms with Crippen LogP contribution in [0.4, 0.5) is 0 Å². The number of rotatable bonds is 2. The molecule has 1 amide bonds. The van der Waals surface area contributed by atoms with E-state index < -0.39 is 0 Å². The SMILES string of the molecule is CC(C)[C@@H]1CCC[C@@H](N2CCCC2=O)C1. The molecule has 0 aromatic rings. The Kier molecular flexibility index (Phi) is 3.32. The summed E-state index contributed by atoms with van der Waals surface area (Å²) >= 11 is 0. The van der Waals surface area contributed by atoms with E-state index in [-0.39, 0.29) is 0 Å². The Morgan fingerprint density at radius 1 is 1.27 bits per heavy atom. The summed E-state index contributed by atoms with van der Waals surface area (Å²) in [7, 11) is 0. The molecule has 0 N–H and O–H groups in total. The van der Waals surface area contributed by atoms with E-state index in [0.29, 0.717) is 11.9 Å². The van der Waals surface area contributed by atoms with Crippen LogP contribution in [0.1, 0.15) is 52.4 Å². The van der Waals surface area contributed by atoms with E-state index >= 15 is 0 Å². The predicted molar refractivity (Wildman–Crippen MR) is 61.5 cm³/mol. The molecule has 1 saturated heterocycles. The highest BCUT2D eigenvalue weighted by Crippen LogP contribution is 2.33. The summed E-state index contributed by atoms with van der Waals surface area (Å²) in [6.07, 6.45) is 7.07. The van der Waals surface area contributed by atoms with Gasteiger partial charge < -0.3 is 4.90 Å². The molecule has 15 heavy (non-hydrogen) atoms. The third-order valence-corrected chi connectivity index (χ3v) is 4.18. The van der Waals surface area contributed by atoms with Crippen LogP contribution >= 0.6 is 0 Å². The minimum atomic E-state index is 0.407. The van der Waals surface area contributed by atoms with Gasteiger partial charge in [-0.2, -0.15) is 0 Å². The van der Waals surface area contributed by atoms with Crippen LogP contribution in [-0.4, -0.2) is 23.4 Å². The summed E-state index contributed by atoms with van der Waals surface area (Å²) in [6, 6.07) is 0.571. The second kappa shape index (κ2) is 4.54. The molecular weight excluding hydrogens is 186 g/mol. The molecular formula is C13H23NO. The van der Waals surface area contributed by atoms with Crippen molar-refractivity contribution < 1.29 is 4.79 Å². The summed E-state index contributed by atoms with van der Waals surface area (Å²) in [6.45, 7) is 5.66. The fraction of sp³-hybridized carbons (Fsp3) is 0.923. The van der Waals surface area contributed by atoms with Crippen LogP contribution in [0.5, 0.6) is 0 Å². The molecule has 0 unspecified atom stereocenters. The largest absolute Gasteiger partial charge is 0.340 e. The summed E-state index contributed by atoms with van der Waals surface area (Å²) in [5, 5.41) is 0. The lowest BCUT2D eigenvalue weighted by Crippen LogP contribution is -2.40. The van der Waals surface area contributed by atoms with Gasteiger partial charge in [0.25, 0.3) is 0 Å². The van der Waals surface area contributed by atoms with Crippen LogP contribution < -0.4 is 0 Å². The van der Waals surface area contributed by atoms with Gasteiger partial charge in [0.2, 0.25) is 5.91 Å². The lowest BCUT2D eigenvalue weighted by Gasteiger charge is -2.36. The van der Waals surface area contributed by atoms with Crippen LogP contribution in [-0.2, 0) is 4.79 Å². The highest BCUT2D eigenvalue weighted by molar-refractivity contribution is 5.78. The van der Waals surface area contributed by atoms with E-state index in [1.807, 2.05) is 0 Å². The molecule has 2 nitrogen and oxygen atoms in total. The zero-order valence-corrected chi connectivity index (χ0v) is 10.0. The average molecular weight is 209 g/mol. The Morgan fingerprint density at radius 2 is 2.07 bits per heavy atom. The first-order valence-electron chi connectivity index (χ1n) is 6.48. The van der Waals surface area contributed by atoms with Crippen molar-refractivity contribution >= 4 is 5.91 Å². The van der Waals surface area contributed by atoms with E-state index in [1.165, 1.54) is 25.7 Å². The predicted octanol–water partition coefficient (Wildman–Crippen LogP) is 2.82. The number of likely N-dealkylation sites (tertiary alicyclic amines) is 1. The molecule has 2 heteroatoms. The molecule has 0 bridgehead atoms. The maximum Gasteiger partial charge on any atom is 0.222 e. The maximum absolute atomic E-state index is 11.7. The summed E-state index contributed by atoms with van der Waals surface area (Å²) in [5.74, 6) is 2.03. The highest BCUT2D eigenvalue weighted by atomic mass is 16.2. The molecule has 1 aliphatic carbocycles. The Labute approximate surface area is 93.0 Å². The van der Waals surface area contributed by atoms with Crippen LogP contribution in [0.15, 0.2) is 0 Å². The molecule has 1 aliphatic heterocycles. The normalized spacial score (nSPS) is 32.7. The third-order valence-electron chi connectivity index (χ3n) is 4.18. The molecule has 0 aromatic carbocycles. The average Bonchev–Trinajstić information content (AvgIpc) is 2.64. The summed E-state index contributed by atoms with van der Waals surface area (Å²) in [5.41, 5.74) is 0. The Balaban J connectivity index is 1.94. The Hall–Kier alpha value is -0.530. The fourth-order valence-electron chi connectivity index (χ4n) is 3.14. The number of hydrogen-bond acceptors (Lipinski definition) is 1. The van der Waals surface area contributed by atoms with Crippen LogP contribution in [0.25, 0.3) is 0 Å². The minimum absolute atomic E-state index is 0.407. The number of carbonyl (C=O) groups excluding carboxylic acids is 1. The van der Waals surface area contributed by atoms with Crippen molar-refractivity contribution in [3.63, 3.8) is 0 Å². The number of amides is 1. The maximum atomic E-state index is 11.7. The molecule has 0 spiro atoms. The van der Waals surface area contributed by atoms with Gasteiger partial charge in [0, 0.05) is 19.0 Å². The zero-order valence-electron chi connectivity index (χ0n) is 10.0. The standard InChI is InChI=1S/C13H23NO/c1-10(2)11-5-3-6-12(9-11)14-8-4-7-13(14)15/h10-12H,3-9H2,1-2H3/t11-,12-/m1/s1. The van der Waals surface area contributed by atoms with E-state index in [9.17, 15) is 4.79 Å². The van der Waals surface area contributed by atoms with Gasteiger partial charge in [-0.25, -0.2) is 0 Å².